The highest BCUT2D eigenvalue weighted by Gasteiger charge is 2.30. The number of hydrogen-bond donors (Lipinski definition) is 3. The average molecular weight is 333 g/mol. The molecule has 0 saturated carbocycles. The second-order valence-electron chi connectivity index (χ2n) is 4.59. The zero-order chi connectivity index (χ0) is 15.4. The maximum atomic E-state index is 11.8. The fourth-order valence-corrected chi connectivity index (χ4v) is 2.51. The van der Waals surface area contributed by atoms with Gasteiger partial charge in [0.2, 0.25) is 0 Å². The lowest BCUT2D eigenvalue weighted by Gasteiger charge is -2.14. The summed E-state index contributed by atoms with van der Waals surface area (Å²) in [7, 11) is 0. The third-order valence-corrected chi connectivity index (χ3v) is 3.70. The highest BCUT2D eigenvalue weighted by Crippen LogP contribution is 2.29. The van der Waals surface area contributed by atoms with Crippen molar-refractivity contribution in [1.29, 1.82) is 0 Å². The number of carbonyl (C=O) groups is 2. The van der Waals surface area contributed by atoms with Gasteiger partial charge in [-0.3, -0.25) is 0 Å². The number of carbonyl (C=O) groups excluding carboxylic acids is 1. The van der Waals surface area contributed by atoms with E-state index in [1.807, 2.05) is 0 Å². The Morgan fingerprint density at radius 1 is 1.29 bits per heavy atom. The van der Waals surface area contributed by atoms with Crippen molar-refractivity contribution in [3.8, 4) is 0 Å². The van der Waals surface area contributed by atoms with Crippen molar-refractivity contribution in [2.75, 3.05) is 11.9 Å². The summed E-state index contributed by atoms with van der Waals surface area (Å²) in [6.45, 7) is 0.220. The van der Waals surface area contributed by atoms with E-state index in [0.717, 1.165) is 0 Å². The number of hydrogen-bond acceptors (Lipinski definition) is 3. The molecule has 114 valence electrons. The number of ether oxygens (including phenoxy) is 1. The first-order valence-corrected chi connectivity index (χ1v) is 7.10. The summed E-state index contributed by atoms with van der Waals surface area (Å²) in [5.41, 5.74) is 0.328. The normalized spacial score (nSPS) is 21.0. The molecular formula is C13H14Cl2N2O4. The number of urea groups is 1. The molecule has 1 saturated heterocycles. The Hall–Kier alpha value is -1.50. The smallest absolute Gasteiger partial charge is 0.332 e. The molecule has 0 aromatic heterocycles. The summed E-state index contributed by atoms with van der Waals surface area (Å²) in [6, 6.07) is 4.42. The van der Waals surface area contributed by atoms with Gasteiger partial charge in [-0.2, -0.15) is 0 Å². The van der Waals surface area contributed by atoms with Crippen molar-refractivity contribution in [2.24, 2.45) is 0 Å². The van der Waals surface area contributed by atoms with Crippen molar-refractivity contribution < 1.29 is 19.4 Å². The lowest BCUT2D eigenvalue weighted by molar-refractivity contribution is -0.149. The number of anilines is 1. The maximum absolute atomic E-state index is 11.8. The predicted octanol–water partition coefficient (Wildman–Crippen LogP) is 2.75. The second-order valence-corrected chi connectivity index (χ2v) is 5.41. The number of nitrogens with one attached hydrogen (secondary N) is 2. The summed E-state index contributed by atoms with van der Waals surface area (Å²) in [4.78, 5) is 22.5. The Morgan fingerprint density at radius 3 is 2.52 bits per heavy atom. The number of para-hydroxylation sites is 1. The van der Waals surface area contributed by atoms with Crippen LogP contribution in [0.3, 0.4) is 0 Å². The Balaban J connectivity index is 1.82. The van der Waals surface area contributed by atoms with Crippen molar-refractivity contribution >= 4 is 40.9 Å². The van der Waals surface area contributed by atoms with Crippen LogP contribution in [0.1, 0.15) is 12.8 Å². The third-order valence-electron chi connectivity index (χ3n) is 3.07. The monoisotopic (exact) mass is 332 g/mol. The summed E-state index contributed by atoms with van der Waals surface area (Å²) in [5.74, 6) is -0.982. The van der Waals surface area contributed by atoms with Gasteiger partial charge in [0.05, 0.1) is 21.8 Å². The van der Waals surface area contributed by atoms with Crippen LogP contribution in [0.2, 0.25) is 10.0 Å². The molecule has 1 heterocycles. The highest BCUT2D eigenvalue weighted by atomic mass is 35.5. The standard InChI is InChI=1S/C13H14Cl2N2O4/c14-8-2-1-3-9(15)11(8)17-13(20)16-6-7-4-5-10(21-7)12(18)19/h1-3,7,10H,4-6H2,(H,18,19)(H2,16,17,20). The molecule has 2 amide bonds. The van der Waals surface area contributed by atoms with Gasteiger partial charge in [-0.25, -0.2) is 9.59 Å². The molecule has 1 aromatic carbocycles. The molecule has 1 aromatic rings. The molecule has 21 heavy (non-hydrogen) atoms. The predicted molar refractivity (Wildman–Crippen MR) is 79.0 cm³/mol. The first-order valence-electron chi connectivity index (χ1n) is 6.34. The Labute approximate surface area is 131 Å². The molecule has 0 radical (unpaired) electrons. The quantitative estimate of drug-likeness (QED) is 0.791. The van der Waals surface area contributed by atoms with E-state index < -0.39 is 18.1 Å². The van der Waals surface area contributed by atoms with E-state index >= 15 is 0 Å². The van der Waals surface area contributed by atoms with Gasteiger partial charge in [-0.1, -0.05) is 29.3 Å². The van der Waals surface area contributed by atoms with Crippen molar-refractivity contribution in [3.63, 3.8) is 0 Å². The number of carboxylic acids is 1. The molecule has 2 unspecified atom stereocenters. The largest absolute Gasteiger partial charge is 0.479 e. The molecule has 8 heteroatoms. The van der Waals surface area contributed by atoms with Crippen molar-refractivity contribution in [1.82, 2.24) is 5.32 Å². The van der Waals surface area contributed by atoms with Gasteiger partial charge in [-0.05, 0) is 25.0 Å². The van der Waals surface area contributed by atoms with Crippen LogP contribution < -0.4 is 10.6 Å². The molecule has 1 fully saturated rings. The first-order chi connectivity index (χ1) is 9.97. The number of benzene rings is 1. The maximum Gasteiger partial charge on any atom is 0.332 e. The fourth-order valence-electron chi connectivity index (χ4n) is 2.02. The van der Waals surface area contributed by atoms with Gasteiger partial charge in [0.1, 0.15) is 0 Å². The number of rotatable bonds is 4. The molecule has 0 aliphatic carbocycles. The molecule has 2 rings (SSSR count). The molecule has 3 N–H and O–H groups in total. The van der Waals surface area contributed by atoms with Gasteiger partial charge < -0.3 is 20.5 Å². The number of amides is 2. The number of halogens is 2. The van der Waals surface area contributed by atoms with Crippen LogP contribution in [0.25, 0.3) is 0 Å². The summed E-state index contributed by atoms with van der Waals surface area (Å²) in [6.07, 6.45) is -0.0690. The van der Waals surface area contributed by atoms with Crippen LogP contribution in [0, 0.1) is 0 Å². The minimum atomic E-state index is -0.982. The van der Waals surface area contributed by atoms with E-state index in [1.165, 1.54) is 0 Å². The van der Waals surface area contributed by atoms with Crippen LogP contribution in [0.5, 0.6) is 0 Å². The zero-order valence-corrected chi connectivity index (χ0v) is 12.4. The minimum absolute atomic E-state index is 0.220. The highest BCUT2D eigenvalue weighted by molar-refractivity contribution is 6.39. The fraction of sp³-hybridized carbons (Fsp3) is 0.385. The van der Waals surface area contributed by atoms with E-state index in [9.17, 15) is 9.59 Å². The van der Waals surface area contributed by atoms with E-state index in [2.05, 4.69) is 10.6 Å². The van der Waals surface area contributed by atoms with Crippen LogP contribution in [0.4, 0.5) is 10.5 Å². The number of aliphatic carboxylic acids is 1. The minimum Gasteiger partial charge on any atom is -0.479 e. The molecule has 1 aliphatic rings. The van der Waals surface area contributed by atoms with Crippen molar-refractivity contribution in [2.45, 2.75) is 25.0 Å². The van der Waals surface area contributed by atoms with Gasteiger partial charge >= 0.3 is 12.0 Å². The van der Waals surface area contributed by atoms with Crippen LogP contribution in [-0.2, 0) is 9.53 Å². The summed E-state index contributed by atoms with van der Waals surface area (Å²) in [5, 5.41) is 14.6. The number of carboxylic acid groups (broad SMARTS) is 1. The van der Waals surface area contributed by atoms with Crippen LogP contribution in [-0.4, -0.2) is 35.9 Å². The van der Waals surface area contributed by atoms with Gasteiger partial charge in [0.25, 0.3) is 0 Å². The van der Waals surface area contributed by atoms with E-state index in [1.54, 1.807) is 18.2 Å². The Bertz CT molecular complexity index is 533. The molecule has 0 bridgehead atoms. The first kappa shape index (κ1) is 15.9. The zero-order valence-electron chi connectivity index (χ0n) is 10.9. The Morgan fingerprint density at radius 2 is 1.95 bits per heavy atom. The lowest BCUT2D eigenvalue weighted by Crippen LogP contribution is -2.36. The molecule has 6 nitrogen and oxygen atoms in total. The van der Waals surface area contributed by atoms with E-state index in [-0.39, 0.29) is 12.6 Å². The summed E-state index contributed by atoms with van der Waals surface area (Å²) < 4.78 is 5.28. The molecular weight excluding hydrogens is 319 g/mol. The lowest BCUT2D eigenvalue weighted by atomic mass is 10.2. The molecule has 0 spiro atoms. The van der Waals surface area contributed by atoms with Gasteiger partial charge in [0, 0.05) is 6.54 Å². The average Bonchev–Trinajstić information content (AvgIpc) is 2.90. The molecule has 2 atom stereocenters. The topological polar surface area (TPSA) is 87.7 Å². The van der Waals surface area contributed by atoms with Crippen LogP contribution in [0.15, 0.2) is 18.2 Å². The molecule has 1 aliphatic heterocycles. The van der Waals surface area contributed by atoms with Gasteiger partial charge in [-0.15, -0.1) is 0 Å². The van der Waals surface area contributed by atoms with Gasteiger partial charge in [0.15, 0.2) is 6.10 Å². The van der Waals surface area contributed by atoms with E-state index in [4.69, 9.17) is 33.0 Å². The Kier molecular flexibility index (Phi) is 5.27. The van der Waals surface area contributed by atoms with Crippen molar-refractivity contribution in [3.05, 3.63) is 28.2 Å². The SMILES string of the molecule is O=C(NCC1CCC(C(=O)O)O1)Nc1c(Cl)cccc1Cl. The van der Waals surface area contributed by atoms with E-state index in [0.29, 0.717) is 28.6 Å². The second kappa shape index (κ2) is 6.98. The van der Waals surface area contributed by atoms with Crippen LogP contribution >= 0.6 is 23.2 Å². The summed E-state index contributed by atoms with van der Waals surface area (Å²) >= 11 is 11.9. The third kappa shape index (κ3) is 4.23.